The third kappa shape index (κ3) is 4.17. The number of ether oxygens (including phenoxy) is 2. The van der Waals surface area contributed by atoms with Crippen LogP contribution < -0.4 is 20.3 Å². The van der Waals surface area contributed by atoms with Crippen LogP contribution in [-0.2, 0) is 16.4 Å². The first kappa shape index (κ1) is 21.0. The van der Waals surface area contributed by atoms with Gasteiger partial charge in [0.2, 0.25) is 5.91 Å². The molecule has 2 aromatic carbocycles. The lowest BCUT2D eigenvalue weighted by molar-refractivity contribution is -0.138. The largest absolute Gasteiger partial charge is 0.486 e. The topological polar surface area (TPSA) is 76.7 Å². The van der Waals surface area contributed by atoms with Crippen molar-refractivity contribution < 1.29 is 32.2 Å². The Morgan fingerprint density at radius 3 is 2.32 bits per heavy atom. The van der Waals surface area contributed by atoms with Gasteiger partial charge in [0.15, 0.2) is 11.5 Å². The first-order valence-corrected chi connectivity index (χ1v) is 9.98. The number of amides is 2. The molecule has 1 aliphatic heterocycles. The highest BCUT2D eigenvalue weighted by atomic mass is 19.4. The number of hydrazine groups is 1. The van der Waals surface area contributed by atoms with Crippen LogP contribution in [0.2, 0.25) is 0 Å². The van der Waals surface area contributed by atoms with Crippen LogP contribution in [0, 0.1) is 0 Å². The van der Waals surface area contributed by atoms with Crippen molar-refractivity contribution in [2.75, 3.05) is 13.2 Å². The lowest BCUT2D eigenvalue weighted by Crippen LogP contribution is -2.50. The Balaban J connectivity index is 1.50. The molecule has 6 nitrogen and oxygen atoms in total. The number of hydrogen-bond acceptors (Lipinski definition) is 4. The molecule has 2 aliphatic rings. The molecule has 31 heavy (non-hydrogen) atoms. The monoisotopic (exact) mass is 434 g/mol. The summed E-state index contributed by atoms with van der Waals surface area (Å²) in [7, 11) is 0. The highest BCUT2D eigenvalue weighted by Crippen LogP contribution is 2.43. The molecule has 0 atom stereocenters. The fourth-order valence-corrected chi connectivity index (χ4v) is 4.11. The number of carbonyl (C=O) groups is 2. The Hall–Kier alpha value is -3.23. The van der Waals surface area contributed by atoms with Gasteiger partial charge in [-0.05, 0) is 42.7 Å². The second-order valence-corrected chi connectivity index (χ2v) is 7.63. The molecule has 0 aromatic heterocycles. The van der Waals surface area contributed by atoms with Gasteiger partial charge in [0.25, 0.3) is 5.91 Å². The summed E-state index contributed by atoms with van der Waals surface area (Å²) in [5, 5.41) is 0. The lowest BCUT2D eigenvalue weighted by Gasteiger charge is -2.29. The second kappa shape index (κ2) is 8.13. The number of carbonyl (C=O) groups excluding carboxylic acids is 2. The Kier molecular flexibility index (Phi) is 5.51. The van der Waals surface area contributed by atoms with E-state index in [4.69, 9.17) is 9.47 Å². The summed E-state index contributed by atoms with van der Waals surface area (Å²) in [5.74, 6) is -0.138. The summed E-state index contributed by atoms with van der Waals surface area (Å²) in [5.41, 5.74) is 3.40. The van der Waals surface area contributed by atoms with Crippen molar-refractivity contribution >= 4 is 11.8 Å². The van der Waals surface area contributed by atoms with Crippen LogP contribution in [-0.4, -0.2) is 25.0 Å². The smallest absolute Gasteiger partial charge is 0.416 e. The van der Waals surface area contributed by atoms with E-state index in [0.29, 0.717) is 56.0 Å². The van der Waals surface area contributed by atoms with E-state index in [1.807, 2.05) is 0 Å². The van der Waals surface area contributed by atoms with E-state index in [2.05, 4.69) is 10.9 Å². The van der Waals surface area contributed by atoms with Crippen LogP contribution in [0.5, 0.6) is 11.5 Å². The fraction of sp³-hybridized carbons (Fsp3) is 0.364. The van der Waals surface area contributed by atoms with Crippen molar-refractivity contribution in [1.82, 2.24) is 10.9 Å². The fourth-order valence-electron chi connectivity index (χ4n) is 4.11. The van der Waals surface area contributed by atoms with E-state index >= 15 is 0 Å². The number of rotatable bonds is 3. The molecular formula is C22H21F3N2O4. The van der Waals surface area contributed by atoms with E-state index in [0.717, 1.165) is 12.1 Å². The summed E-state index contributed by atoms with van der Waals surface area (Å²) >= 11 is 0. The molecule has 2 amide bonds. The summed E-state index contributed by atoms with van der Waals surface area (Å²) in [6.07, 6.45) is -2.28. The highest BCUT2D eigenvalue weighted by molar-refractivity contribution is 5.97. The predicted molar refractivity (Wildman–Crippen MR) is 105 cm³/mol. The zero-order valence-electron chi connectivity index (χ0n) is 16.6. The molecule has 2 aromatic rings. The standard InChI is InChI=1S/C22H21F3N2O4/c23-22(24,25)16-5-3-4-15(13-16)21(8-1-2-9-21)20(29)27-26-19(28)14-6-7-17-18(12-14)31-11-10-30-17/h3-7,12-13H,1-2,8-11H2,(H,26,28)(H,27,29). The first-order valence-electron chi connectivity index (χ1n) is 9.98. The van der Waals surface area contributed by atoms with Gasteiger partial charge in [-0.3, -0.25) is 20.4 Å². The molecule has 0 spiro atoms. The van der Waals surface area contributed by atoms with Crippen molar-refractivity contribution in [2.24, 2.45) is 0 Å². The van der Waals surface area contributed by atoms with Crippen LogP contribution >= 0.6 is 0 Å². The molecule has 0 bridgehead atoms. The second-order valence-electron chi connectivity index (χ2n) is 7.63. The quantitative estimate of drug-likeness (QED) is 0.722. The van der Waals surface area contributed by atoms with Crippen LogP contribution in [0.3, 0.4) is 0 Å². The molecule has 2 N–H and O–H groups in total. The van der Waals surface area contributed by atoms with Crippen molar-refractivity contribution in [3.63, 3.8) is 0 Å². The third-order valence-corrected chi connectivity index (χ3v) is 5.73. The Morgan fingerprint density at radius 1 is 0.903 bits per heavy atom. The van der Waals surface area contributed by atoms with Crippen LogP contribution in [0.25, 0.3) is 0 Å². The summed E-state index contributed by atoms with van der Waals surface area (Å²) in [6.45, 7) is 0.792. The molecule has 0 saturated heterocycles. The number of hydrogen-bond donors (Lipinski definition) is 2. The van der Waals surface area contributed by atoms with Crippen LogP contribution in [0.1, 0.15) is 47.2 Å². The minimum Gasteiger partial charge on any atom is -0.486 e. The molecule has 0 radical (unpaired) electrons. The van der Waals surface area contributed by atoms with Crippen molar-refractivity contribution in [2.45, 2.75) is 37.3 Å². The molecule has 9 heteroatoms. The van der Waals surface area contributed by atoms with Crippen LogP contribution in [0.4, 0.5) is 13.2 Å². The number of nitrogens with one attached hydrogen (secondary N) is 2. The minimum atomic E-state index is -4.50. The zero-order chi connectivity index (χ0) is 22.1. The third-order valence-electron chi connectivity index (χ3n) is 5.73. The van der Waals surface area contributed by atoms with Crippen molar-refractivity contribution in [1.29, 1.82) is 0 Å². The maximum atomic E-state index is 13.2. The zero-order valence-corrected chi connectivity index (χ0v) is 16.6. The first-order chi connectivity index (χ1) is 14.8. The van der Waals surface area contributed by atoms with Gasteiger partial charge in [-0.25, -0.2) is 0 Å². The summed E-state index contributed by atoms with van der Waals surface area (Å²) < 4.78 is 50.4. The average molecular weight is 434 g/mol. The molecular weight excluding hydrogens is 413 g/mol. The number of alkyl halides is 3. The van der Waals surface area contributed by atoms with Gasteiger partial charge in [0.05, 0.1) is 11.0 Å². The Bertz CT molecular complexity index is 1000. The SMILES string of the molecule is O=C(NNC(=O)C1(c2cccc(C(F)(F)F)c2)CCCC1)c1ccc2c(c1)OCCO2. The van der Waals surface area contributed by atoms with E-state index in [-0.39, 0.29) is 5.56 Å². The molecule has 1 fully saturated rings. The van der Waals surface area contributed by atoms with E-state index in [1.165, 1.54) is 24.3 Å². The molecule has 1 heterocycles. The minimum absolute atomic E-state index is 0.254. The average Bonchev–Trinajstić information content (AvgIpc) is 3.28. The van der Waals surface area contributed by atoms with Crippen molar-refractivity contribution in [3.8, 4) is 11.5 Å². The molecule has 0 unspecified atom stereocenters. The summed E-state index contributed by atoms with van der Waals surface area (Å²) in [6, 6.07) is 9.48. The maximum Gasteiger partial charge on any atom is 0.416 e. The molecule has 1 aliphatic carbocycles. The van der Waals surface area contributed by atoms with Gasteiger partial charge in [0.1, 0.15) is 13.2 Å². The number of benzene rings is 2. The van der Waals surface area contributed by atoms with Gasteiger partial charge in [0, 0.05) is 5.56 Å². The number of fused-ring (bicyclic) bond motifs is 1. The number of halogens is 3. The van der Waals surface area contributed by atoms with E-state index < -0.39 is 29.0 Å². The maximum absolute atomic E-state index is 13.2. The van der Waals surface area contributed by atoms with Crippen LogP contribution in [0.15, 0.2) is 42.5 Å². The normalized spacial score (nSPS) is 17.1. The molecule has 164 valence electrons. The van der Waals surface area contributed by atoms with Gasteiger partial charge >= 0.3 is 6.18 Å². The van der Waals surface area contributed by atoms with Crippen molar-refractivity contribution in [3.05, 3.63) is 59.2 Å². The predicted octanol–water partition coefficient (Wildman–Crippen LogP) is 3.75. The van der Waals surface area contributed by atoms with Gasteiger partial charge in [-0.1, -0.05) is 31.0 Å². The van der Waals surface area contributed by atoms with E-state index in [9.17, 15) is 22.8 Å². The van der Waals surface area contributed by atoms with Gasteiger partial charge in [-0.2, -0.15) is 13.2 Å². The lowest BCUT2D eigenvalue weighted by atomic mass is 9.77. The van der Waals surface area contributed by atoms with Gasteiger partial charge in [-0.15, -0.1) is 0 Å². The highest BCUT2D eigenvalue weighted by Gasteiger charge is 2.44. The van der Waals surface area contributed by atoms with E-state index in [1.54, 1.807) is 6.07 Å². The molecule has 1 saturated carbocycles. The molecule has 4 rings (SSSR count). The Morgan fingerprint density at radius 2 is 1.61 bits per heavy atom. The Labute approximate surface area is 176 Å². The summed E-state index contributed by atoms with van der Waals surface area (Å²) in [4.78, 5) is 25.6. The van der Waals surface area contributed by atoms with Gasteiger partial charge < -0.3 is 9.47 Å².